The second kappa shape index (κ2) is 8.87. The molecule has 1 aromatic carbocycles. The Hall–Kier alpha value is -2.89. The van der Waals surface area contributed by atoms with E-state index in [1.807, 2.05) is 30.3 Å². The lowest BCUT2D eigenvalue weighted by Gasteiger charge is -2.22. The first-order valence-corrected chi connectivity index (χ1v) is 9.74. The smallest absolute Gasteiger partial charge is 0.255 e. The Bertz CT molecular complexity index is 885. The molecule has 1 saturated heterocycles. The largest absolute Gasteiger partial charge is 0.341 e. The number of nitrogens with zero attached hydrogens (tertiary/aromatic N) is 3. The van der Waals surface area contributed by atoms with Gasteiger partial charge in [0.2, 0.25) is 5.91 Å². The number of benzene rings is 1. The molecule has 0 N–H and O–H groups in total. The van der Waals surface area contributed by atoms with Gasteiger partial charge in [-0.15, -0.1) is 0 Å². The molecule has 3 rings (SSSR count). The highest BCUT2D eigenvalue weighted by Crippen LogP contribution is 2.16. The van der Waals surface area contributed by atoms with Crippen molar-refractivity contribution in [3.63, 3.8) is 0 Å². The maximum Gasteiger partial charge on any atom is 0.255 e. The third kappa shape index (κ3) is 4.68. The first-order valence-electron chi connectivity index (χ1n) is 9.74. The highest BCUT2D eigenvalue weighted by Gasteiger charge is 2.20. The van der Waals surface area contributed by atoms with Gasteiger partial charge in [0.1, 0.15) is 6.54 Å². The van der Waals surface area contributed by atoms with Crippen molar-refractivity contribution in [2.24, 2.45) is 0 Å². The number of hydrogen-bond donors (Lipinski definition) is 0. The number of amides is 2. The summed E-state index contributed by atoms with van der Waals surface area (Å²) in [5.41, 5.74) is 1.31. The summed E-state index contributed by atoms with van der Waals surface area (Å²) in [6, 6.07) is 12.9. The van der Waals surface area contributed by atoms with Crippen molar-refractivity contribution < 1.29 is 9.59 Å². The van der Waals surface area contributed by atoms with Crippen molar-refractivity contribution in [3.8, 4) is 0 Å². The summed E-state index contributed by atoms with van der Waals surface area (Å²) in [5.74, 6) is -0.0433. The molecule has 6 nitrogen and oxygen atoms in total. The quantitative estimate of drug-likeness (QED) is 0.772. The van der Waals surface area contributed by atoms with Gasteiger partial charge in [-0.2, -0.15) is 0 Å². The number of carbonyl (C=O) groups is 2. The van der Waals surface area contributed by atoms with Crippen molar-refractivity contribution in [2.75, 3.05) is 26.7 Å². The molecule has 1 atom stereocenters. The fourth-order valence-electron chi connectivity index (χ4n) is 3.59. The van der Waals surface area contributed by atoms with Crippen molar-refractivity contribution in [1.82, 2.24) is 14.4 Å². The summed E-state index contributed by atoms with van der Waals surface area (Å²) in [6.45, 7) is 4.10. The molecule has 1 aliphatic rings. The van der Waals surface area contributed by atoms with Crippen LogP contribution in [0.4, 0.5) is 0 Å². The number of aromatic nitrogens is 1. The minimum Gasteiger partial charge on any atom is -0.341 e. The van der Waals surface area contributed by atoms with E-state index < -0.39 is 0 Å². The Labute approximate surface area is 165 Å². The van der Waals surface area contributed by atoms with E-state index in [-0.39, 0.29) is 29.8 Å². The summed E-state index contributed by atoms with van der Waals surface area (Å²) in [6.07, 6.45) is 3.51. The minimum atomic E-state index is -0.274. The fourth-order valence-corrected chi connectivity index (χ4v) is 3.59. The Morgan fingerprint density at radius 3 is 2.43 bits per heavy atom. The Morgan fingerprint density at radius 1 is 1.07 bits per heavy atom. The van der Waals surface area contributed by atoms with E-state index in [4.69, 9.17) is 0 Å². The molecule has 0 spiro atoms. The summed E-state index contributed by atoms with van der Waals surface area (Å²) < 4.78 is 1.34. The predicted octanol–water partition coefficient (Wildman–Crippen LogP) is 2.35. The lowest BCUT2D eigenvalue weighted by molar-refractivity contribution is -0.130. The average Bonchev–Trinajstić information content (AvgIpc) is 3.24. The Kier molecular flexibility index (Phi) is 6.29. The number of pyridine rings is 1. The van der Waals surface area contributed by atoms with Crippen LogP contribution in [0.3, 0.4) is 0 Å². The average molecular weight is 381 g/mol. The van der Waals surface area contributed by atoms with Crippen LogP contribution in [0.15, 0.2) is 53.5 Å². The highest BCUT2D eigenvalue weighted by atomic mass is 16.2. The fraction of sp³-hybridized carbons (Fsp3) is 0.409. The maximum absolute atomic E-state index is 12.8. The maximum atomic E-state index is 12.8. The van der Waals surface area contributed by atoms with Gasteiger partial charge in [0.15, 0.2) is 0 Å². The van der Waals surface area contributed by atoms with Crippen LogP contribution in [-0.2, 0) is 11.3 Å². The van der Waals surface area contributed by atoms with Crippen LogP contribution < -0.4 is 5.56 Å². The van der Waals surface area contributed by atoms with Gasteiger partial charge < -0.3 is 14.4 Å². The standard InChI is InChI=1S/C22H27N3O3/c1-17(18-8-4-3-5-9-18)14-23(2)22(28)19-10-11-20(26)25(15-19)16-21(27)24-12-6-7-13-24/h3-5,8-11,15,17H,6-7,12-14,16H2,1-2H3/t17-/m0/s1. The van der Waals surface area contributed by atoms with Gasteiger partial charge in [0, 0.05) is 38.9 Å². The van der Waals surface area contributed by atoms with E-state index in [1.54, 1.807) is 16.8 Å². The molecule has 0 bridgehead atoms. The van der Waals surface area contributed by atoms with Crippen molar-refractivity contribution >= 4 is 11.8 Å². The van der Waals surface area contributed by atoms with Crippen LogP contribution in [0, 0.1) is 0 Å². The second-order valence-corrected chi connectivity index (χ2v) is 7.47. The number of likely N-dealkylation sites (tertiary alicyclic amines) is 1. The van der Waals surface area contributed by atoms with E-state index in [2.05, 4.69) is 6.92 Å². The summed E-state index contributed by atoms with van der Waals surface area (Å²) in [4.78, 5) is 40.8. The van der Waals surface area contributed by atoms with Crippen LogP contribution in [0.5, 0.6) is 0 Å². The molecule has 1 fully saturated rings. The topological polar surface area (TPSA) is 62.6 Å². The molecule has 148 valence electrons. The third-order valence-corrected chi connectivity index (χ3v) is 5.26. The molecule has 2 amide bonds. The molecular formula is C22H27N3O3. The van der Waals surface area contributed by atoms with Crippen molar-refractivity contribution in [1.29, 1.82) is 0 Å². The molecule has 28 heavy (non-hydrogen) atoms. The Morgan fingerprint density at radius 2 is 1.75 bits per heavy atom. The van der Waals surface area contributed by atoms with Gasteiger partial charge in [0.05, 0.1) is 5.56 Å². The van der Waals surface area contributed by atoms with E-state index >= 15 is 0 Å². The molecule has 0 saturated carbocycles. The summed E-state index contributed by atoms with van der Waals surface area (Å²) in [5, 5.41) is 0. The number of carbonyl (C=O) groups excluding carboxylic acids is 2. The SMILES string of the molecule is C[C@@H](CN(C)C(=O)c1ccc(=O)n(CC(=O)N2CCCC2)c1)c1ccccc1. The lowest BCUT2D eigenvalue weighted by atomic mass is 10.0. The normalized spacial score (nSPS) is 14.7. The third-order valence-electron chi connectivity index (χ3n) is 5.26. The number of rotatable bonds is 6. The second-order valence-electron chi connectivity index (χ2n) is 7.47. The summed E-state index contributed by atoms with van der Waals surface area (Å²) in [7, 11) is 1.76. The van der Waals surface area contributed by atoms with E-state index in [9.17, 15) is 14.4 Å². The number of likely N-dealkylation sites (N-methyl/N-ethyl adjacent to an activating group) is 1. The van der Waals surface area contributed by atoms with Gasteiger partial charge in [-0.05, 0) is 30.4 Å². The molecule has 0 unspecified atom stereocenters. The van der Waals surface area contributed by atoms with Crippen LogP contribution in [0.2, 0.25) is 0 Å². The van der Waals surface area contributed by atoms with Gasteiger partial charge >= 0.3 is 0 Å². The van der Waals surface area contributed by atoms with Gasteiger partial charge in [0.25, 0.3) is 11.5 Å². The van der Waals surface area contributed by atoms with E-state index in [0.717, 1.165) is 25.9 Å². The zero-order valence-electron chi connectivity index (χ0n) is 16.5. The monoisotopic (exact) mass is 381 g/mol. The molecule has 2 heterocycles. The van der Waals surface area contributed by atoms with Crippen LogP contribution >= 0.6 is 0 Å². The minimum absolute atomic E-state index is 0.0237. The molecule has 0 radical (unpaired) electrons. The van der Waals surface area contributed by atoms with Gasteiger partial charge in [-0.1, -0.05) is 37.3 Å². The van der Waals surface area contributed by atoms with E-state index in [1.165, 1.54) is 28.5 Å². The highest BCUT2D eigenvalue weighted by molar-refractivity contribution is 5.93. The molecular weight excluding hydrogens is 354 g/mol. The predicted molar refractivity (Wildman–Crippen MR) is 108 cm³/mol. The first-order chi connectivity index (χ1) is 13.5. The van der Waals surface area contributed by atoms with Gasteiger partial charge in [-0.25, -0.2) is 0 Å². The summed E-state index contributed by atoms with van der Waals surface area (Å²) >= 11 is 0. The molecule has 1 aliphatic heterocycles. The zero-order valence-corrected chi connectivity index (χ0v) is 16.5. The lowest BCUT2D eigenvalue weighted by Crippen LogP contribution is -2.35. The number of hydrogen-bond acceptors (Lipinski definition) is 3. The van der Waals surface area contributed by atoms with E-state index in [0.29, 0.717) is 12.1 Å². The molecule has 2 aromatic rings. The van der Waals surface area contributed by atoms with Crippen LogP contribution in [0.25, 0.3) is 0 Å². The van der Waals surface area contributed by atoms with Gasteiger partial charge in [-0.3, -0.25) is 14.4 Å². The van der Waals surface area contributed by atoms with Crippen molar-refractivity contribution in [3.05, 3.63) is 70.1 Å². The van der Waals surface area contributed by atoms with Crippen LogP contribution in [-0.4, -0.2) is 52.9 Å². The molecule has 6 heteroatoms. The van der Waals surface area contributed by atoms with Crippen molar-refractivity contribution in [2.45, 2.75) is 32.2 Å². The zero-order chi connectivity index (χ0) is 20.1. The van der Waals surface area contributed by atoms with Crippen LogP contribution in [0.1, 0.15) is 41.6 Å². The molecule has 0 aliphatic carbocycles. The molecule has 1 aromatic heterocycles. The first kappa shape index (κ1) is 19.9. The Balaban J connectivity index is 1.69.